The third kappa shape index (κ3) is 3.46. The molecule has 1 atom stereocenters. The highest BCUT2D eigenvalue weighted by Gasteiger charge is 2.34. The predicted octanol–water partition coefficient (Wildman–Crippen LogP) is 1.78. The minimum atomic E-state index is -0.933. The molecule has 2 aliphatic rings. The summed E-state index contributed by atoms with van der Waals surface area (Å²) in [4.78, 5) is 34.8. The van der Waals surface area contributed by atoms with Gasteiger partial charge in [0.05, 0.1) is 16.5 Å². The van der Waals surface area contributed by atoms with E-state index >= 15 is 0 Å². The van der Waals surface area contributed by atoms with E-state index in [4.69, 9.17) is 4.74 Å². The van der Waals surface area contributed by atoms with E-state index in [1.165, 1.54) is 6.07 Å². The quantitative estimate of drug-likeness (QED) is 0.477. The molecule has 2 N–H and O–H groups in total. The summed E-state index contributed by atoms with van der Waals surface area (Å²) < 4.78 is 5.53. The van der Waals surface area contributed by atoms with Gasteiger partial charge in [-0.25, -0.2) is 9.59 Å². The zero-order valence-electron chi connectivity index (χ0n) is 14.1. The van der Waals surface area contributed by atoms with Gasteiger partial charge < -0.3 is 20.5 Å². The molecule has 0 bridgehead atoms. The molecule has 3 rings (SSSR count). The average Bonchev–Trinajstić information content (AvgIpc) is 3.07. The van der Waals surface area contributed by atoms with Crippen molar-refractivity contribution >= 4 is 17.7 Å². The van der Waals surface area contributed by atoms with Crippen LogP contribution in [0.1, 0.15) is 44.2 Å². The number of allylic oxidation sites excluding steroid dienone is 1. The maximum atomic E-state index is 12.7. The van der Waals surface area contributed by atoms with Crippen molar-refractivity contribution in [2.45, 2.75) is 44.8 Å². The third-order valence-corrected chi connectivity index (χ3v) is 4.58. The Balaban J connectivity index is 1.96. The number of hydrogen-bond donors (Lipinski definition) is 2. The Morgan fingerprint density at radius 1 is 1.31 bits per heavy atom. The first-order valence-electron chi connectivity index (χ1n) is 8.31. The van der Waals surface area contributed by atoms with E-state index in [1.807, 2.05) is 0 Å². The molecule has 26 heavy (non-hydrogen) atoms. The molecule has 0 radical (unpaired) electrons. The molecule has 0 saturated heterocycles. The minimum absolute atomic E-state index is 0.167. The van der Waals surface area contributed by atoms with E-state index < -0.39 is 34.4 Å². The number of hydrogen-bond acceptors (Lipinski definition) is 6. The molecule has 1 aromatic carbocycles. The summed E-state index contributed by atoms with van der Waals surface area (Å²) in [5.41, 5.74) is 0.139. The molecule has 0 aromatic heterocycles. The Kier molecular flexibility index (Phi) is 4.79. The number of nitro groups is 1. The topological polar surface area (TPSA) is 134 Å². The Morgan fingerprint density at radius 3 is 2.65 bits per heavy atom. The molecule has 1 aromatic rings. The number of ether oxygens (including phenoxy) is 1. The van der Waals surface area contributed by atoms with E-state index in [9.17, 15) is 24.8 Å². The first-order chi connectivity index (χ1) is 12.4. The van der Waals surface area contributed by atoms with Crippen molar-refractivity contribution in [2.24, 2.45) is 0 Å². The van der Waals surface area contributed by atoms with Crippen LogP contribution in [0, 0.1) is 10.1 Å². The van der Waals surface area contributed by atoms with Crippen LogP contribution >= 0.6 is 0 Å². The van der Waals surface area contributed by atoms with Gasteiger partial charge in [-0.1, -0.05) is 12.1 Å². The van der Waals surface area contributed by atoms with Crippen LogP contribution in [-0.4, -0.2) is 23.0 Å². The maximum absolute atomic E-state index is 12.7. The van der Waals surface area contributed by atoms with Crippen LogP contribution in [0.3, 0.4) is 0 Å². The van der Waals surface area contributed by atoms with Crippen molar-refractivity contribution in [2.75, 3.05) is 0 Å². The second-order valence-electron chi connectivity index (χ2n) is 6.37. The minimum Gasteiger partial charge on any atom is -0.868 e. The molecule has 1 aliphatic heterocycles. The van der Waals surface area contributed by atoms with E-state index in [0.717, 1.165) is 37.8 Å². The van der Waals surface area contributed by atoms with Gasteiger partial charge in [-0.15, -0.1) is 0 Å². The largest absolute Gasteiger partial charge is 0.868 e. The van der Waals surface area contributed by atoms with Gasteiger partial charge in [-0.2, -0.15) is 0 Å². The summed E-state index contributed by atoms with van der Waals surface area (Å²) in [5, 5.41) is 27.7. The molecule has 1 saturated carbocycles. The second-order valence-corrected chi connectivity index (χ2v) is 6.37. The number of urea groups is 1. The van der Waals surface area contributed by atoms with Crippen LogP contribution in [0.5, 0.6) is 5.75 Å². The number of carbonyl (C=O) groups excluding carboxylic acids is 2. The van der Waals surface area contributed by atoms with Gasteiger partial charge in [-0.05, 0) is 43.9 Å². The summed E-state index contributed by atoms with van der Waals surface area (Å²) in [6.07, 6.45) is 3.40. The lowest BCUT2D eigenvalue weighted by Gasteiger charge is -2.29. The van der Waals surface area contributed by atoms with Gasteiger partial charge in [0, 0.05) is 11.8 Å². The molecular formula is C17H18N3O6-. The van der Waals surface area contributed by atoms with E-state index in [0.29, 0.717) is 5.70 Å². The maximum Gasteiger partial charge on any atom is 0.338 e. The SMILES string of the molecule is CC1=C(C(=O)OC2CCCC2)[C@@H](c2ccc([O-])c([N+](=O)[O-])c2)NC(=O)N1. The lowest BCUT2D eigenvalue weighted by Crippen LogP contribution is -2.45. The molecule has 1 aliphatic carbocycles. The van der Waals surface area contributed by atoms with Crippen molar-refractivity contribution < 1.29 is 24.4 Å². The first kappa shape index (κ1) is 17.7. The number of nitrogens with one attached hydrogen (secondary N) is 2. The van der Waals surface area contributed by atoms with Gasteiger partial charge in [0.25, 0.3) is 5.69 Å². The molecule has 2 amide bonds. The van der Waals surface area contributed by atoms with Crippen molar-refractivity contribution in [3.8, 4) is 5.75 Å². The van der Waals surface area contributed by atoms with Crippen LogP contribution < -0.4 is 15.7 Å². The van der Waals surface area contributed by atoms with Gasteiger partial charge in [0.2, 0.25) is 0 Å². The van der Waals surface area contributed by atoms with Gasteiger partial charge >= 0.3 is 12.0 Å². The highest BCUT2D eigenvalue weighted by molar-refractivity contribution is 5.95. The monoisotopic (exact) mass is 360 g/mol. The fraction of sp³-hybridized carbons (Fsp3) is 0.412. The normalized spacial score (nSPS) is 20.5. The van der Waals surface area contributed by atoms with Crippen molar-refractivity contribution in [1.82, 2.24) is 10.6 Å². The zero-order chi connectivity index (χ0) is 18.8. The molecule has 9 heteroatoms. The fourth-order valence-electron chi connectivity index (χ4n) is 3.29. The molecule has 1 heterocycles. The lowest BCUT2D eigenvalue weighted by molar-refractivity contribution is -0.398. The Bertz CT molecular complexity index is 798. The Morgan fingerprint density at radius 2 is 2.00 bits per heavy atom. The van der Waals surface area contributed by atoms with E-state index in [2.05, 4.69) is 10.6 Å². The number of benzene rings is 1. The summed E-state index contributed by atoms with van der Waals surface area (Å²) in [6.45, 7) is 1.56. The second kappa shape index (κ2) is 7.03. The number of carbonyl (C=O) groups is 2. The fourth-order valence-corrected chi connectivity index (χ4v) is 3.29. The first-order valence-corrected chi connectivity index (χ1v) is 8.31. The van der Waals surface area contributed by atoms with Crippen LogP contribution in [0.4, 0.5) is 10.5 Å². The summed E-state index contributed by atoms with van der Waals surface area (Å²) >= 11 is 0. The molecule has 0 spiro atoms. The third-order valence-electron chi connectivity index (χ3n) is 4.58. The number of amides is 2. The predicted molar refractivity (Wildman–Crippen MR) is 88.0 cm³/mol. The Labute approximate surface area is 149 Å². The van der Waals surface area contributed by atoms with Gasteiger partial charge in [-0.3, -0.25) is 10.1 Å². The summed E-state index contributed by atoms with van der Waals surface area (Å²) in [7, 11) is 0. The highest BCUT2D eigenvalue weighted by atomic mass is 16.6. The van der Waals surface area contributed by atoms with Crippen molar-refractivity contribution in [1.29, 1.82) is 0 Å². The van der Waals surface area contributed by atoms with Crippen LogP contribution in [0.25, 0.3) is 0 Å². The van der Waals surface area contributed by atoms with Gasteiger partial charge in [0.1, 0.15) is 6.10 Å². The van der Waals surface area contributed by atoms with Crippen LogP contribution in [0.15, 0.2) is 29.5 Å². The average molecular weight is 360 g/mol. The van der Waals surface area contributed by atoms with Crippen molar-refractivity contribution in [3.05, 3.63) is 45.1 Å². The highest BCUT2D eigenvalue weighted by Crippen LogP contribution is 2.33. The van der Waals surface area contributed by atoms with E-state index in [-0.39, 0.29) is 17.2 Å². The smallest absolute Gasteiger partial charge is 0.338 e. The van der Waals surface area contributed by atoms with Crippen molar-refractivity contribution in [3.63, 3.8) is 0 Å². The Hall–Kier alpha value is -3.10. The standard InChI is InChI=1S/C17H19N3O6/c1-9-14(16(22)26-11-4-2-3-5-11)15(19-17(23)18-9)10-6-7-13(21)12(8-10)20(24)25/h6-8,11,15,21H,2-5H2,1H3,(H2,18,19,23)/p-1/t15-/m1/s1. The number of esters is 1. The number of nitrogens with zero attached hydrogens (tertiary/aromatic N) is 1. The molecule has 9 nitrogen and oxygen atoms in total. The van der Waals surface area contributed by atoms with Crippen LogP contribution in [0.2, 0.25) is 0 Å². The summed E-state index contributed by atoms with van der Waals surface area (Å²) in [6, 6.07) is 2.02. The molecule has 1 fully saturated rings. The number of rotatable bonds is 4. The molecular weight excluding hydrogens is 342 g/mol. The molecule has 138 valence electrons. The van der Waals surface area contributed by atoms with E-state index in [1.54, 1.807) is 6.92 Å². The zero-order valence-corrected chi connectivity index (χ0v) is 14.1. The summed E-state index contributed by atoms with van der Waals surface area (Å²) in [5.74, 6) is -1.32. The number of nitro benzene ring substituents is 1. The molecule has 0 unspecified atom stereocenters. The van der Waals surface area contributed by atoms with Gasteiger partial charge in [0.15, 0.2) is 0 Å². The lowest BCUT2D eigenvalue weighted by atomic mass is 9.95. The van der Waals surface area contributed by atoms with Crippen LogP contribution in [-0.2, 0) is 9.53 Å².